The second-order valence-corrected chi connectivity index (χ2v) is 9.35. The van der Waals surface area contributed by atoms with Gasteiger partial charge in [-0.05, 0) is 62.9 Å². The summed E-state index contributed by atoms with van der Waals surface area (Å²) in [5, 5.41) is 3.61. The van der Waals surface area contributed by atoms with Crippen molar-refractivity contribution in [3.05, 3.63) is 53.4 Å². The second-order valence-electron chi connectivity index (χ2n) is 8.91. The first-order chi connectivity index (χ1) is 15.5. The molecule has 8 heteroatoms. The number of carbonyl (C=O) groups is 1. The van der Waals surface area contributed by atoms with Crippen molar-refractivity contribution in [1.29, 1.82) is 0 Å². The van der Waals surface area contributed by atoms with Gasteiger partial charge in [0.25, 0.3) is 0 Å². The van der Waals surface area contributed by atoms with E-state index in [1.54, 1.807) is 0 Å². The number of nitrogens with zero attached hydrogens (tertiary/aromatic N) is 4. The Morgan fingerprint density at radius 3 is 2.94 bits per heavy atom. The van der Waals surface area contributed by atoms with Crippen LogP contribution >= 0.6 is 11.6 Å². The standard InChI is InChI=1S/C24H28ClN5O2/c1-26-14-23(31)29-9-7-24(8-10-29)12-17(16-32-24)11-19-3-2-4-20(28-19)21-13-27-22-6-5-18(25)15-30(21)22/h2-6,13,15,17,26H,7-12,14,16H2,1H3/t17-/m1/s1. The average Bonchev–Trinajstić information content (AvgIpc) is 3.38. The summed E-state index contributed by atoms with van der Waals surface area (Å²) < 4.78 is 8.29. The fourth-order valence-electron chi connectivity index (χ4n) is 5.02. The quantitative estimate of drug-likeness (QED) is 0.642. The van der Waals surface area contributed by atoms with E-state index in [2.05, 4.69) is 22.4 Å². The number of amides is 1. The number of pyridine rings is 2. The highest BCUT2D eigenvalue weighted by molar-refractivity contribution is 6.30. The van der Waals surface area contributed by atoms with Crippen LogP contribution in [0.3, 0.4) is 0 Å². The Kier molecular flexibility index (Phi) is 5.88. The third-order valence-corrected chi connectivity index (χ3v) is 6.90. The molecule has 7 nitrogen and oxygen atoms in total. The number of carbonyl (C=O) groups excluding carboxylic acids is 1. The Morgan fingerprint density at radius 1 is 1.28 bits per heavy atom. The van der Waals surface area contributed by atoms with Gasteiger partial charge in [-0.25, -0.2) is 4.98 Å². The van der Waals surface area contributed by atoms with E-state index in [1.165, 1.54) is 0 Å². The van der Waals surface area contributed by atoms with Gasteiger partial charge in [0.2, 0.25) is 5.91 Å². The zero-order valence-electron chi connectivity index (χ0n) is 18.3. The molecule has 1 spiro atoms. The monoisotopic (exact) mass is 453 g/mol. The van der Waals surface area contributed by atoms with Crippen molar-refractivity contribution in [2.45, 2.75) is 31.3 Å². The number of aromatic nitrogens is 3. The zero-order chi connectivity index (χ0) is 22.1. The van der Waals surface area contributed by atoms with Crippen molar-refractivity contribution < 1.29 is 9.53 Å². The van der Waals surface area contributed by atoms with Crippen LogP contribution in [-0.2, 0) is 16.0 Å². The Balaban J connectivity index is 1.25. The molecule has 2 fully saturated rings. The largest absolute Gasteiger partial charge is 0.375 e. The number of hydrogen-bond acceptors (Lipinski definition) is 5. The Morgan fingerprint density at radius 2 is 2.12 bits per heavy atom. The van der Waals surface area contributed by atoms with Crippen LogP contribution in [0.5, 0.6) is 0 Å². The van der Waals surface area contributed by atoms with Crippen LogP contribution in [0.1, 0.15) is 25.0 Å². The van der Waals surface area contributed by atoms with Crippen molar-refractivity contribution in [2.24, 2.45) is 5.92 Å². The number of hydrogen-bond donors (Lipinski definition) is 1. The molecule has 32 heavy (non-hydrogen) atoms. The first kappa shape index (κ1) is 21.4. The first-order valence-electron chi connectivity index (χ1n) is 11.2. The molecule has 1 atom stereocenters. The number of imidazole rings is 1. The van der Waals surface area contributed by atoms with Crippen molar-refractivity contribution in [3.8, 4) is 11.4 Å². The minimum Gasteiger partial charge on any atom is -0.375 e. The highest BCUT2D eigenvalue weighted by atomic mass is 35.5. The average molecular weight is 454 g/mol. The van der Waals surface area contributed by atoms with Gasteiger partial charge in [0.1, 0.15) is 5.65 Å². The van der Waals surface area contributed by atoms with Crippen molar-refractivity contribution in [2.75, 3.05) is 33.3 Å². The smallest absolute Gasteiger partial charge is 0.236 e. The molecular formula is C24H28ClN5O2. The second kappa shape index (κ2) is 8.81. The van der Waals surface area contributed by atoms with Crippen LogP contribution in [0.2, 0.25) is 5.02 Å². The molecule has 0 bridgehead atoms. The number of halogens is 1. The summed E-state index contributed by atoms with van der Waals surface area (Å²) in [5.74, 6) is 0.612. The van der Waals surface area contributed by atoms with Gasteiger partial charge in [0, 0.05) is 25.0 Å². The van der Waals surface area contributed by atoms with E-state index >= 15 is 0 Å². The highest BCUT2D eigenvalue weighted by Crippen LogP contribution is 2.39. The summed E-state index contributed by atoms with van der Waals surface area (Å²) in [6.45, 7) is 2.70. The van der Waals surface area contributed by atoms with Crippen LogP contribution in [0.25, 0.3) is 17.0 Å². The van der Waals surface area contributed by atoms with Crippen LogP contribution < -0.4 is 5.32 Å². The number of rotatable bonds is 5. The van der Waals surface area contributed by atoms with Gasteiger partial charge < -0.3 is 15.0 Å². The highest BCUT2D eigenvalue weighted by Gasteiger charge is 2.43. The molecule has 0 unspecified atom stereocenters. The molecule has 3 aromatic heterocycles. The molecule has 0 radical (unpaired) electrons. The lowest BCUT2D eigenvalue weighted by molar-refractivity contribution is -0.134. The molecular weight excluding hydrogens is 426 g/mol. The van der Waals surface area contributed by atoms with Crippen molar-refractivity contribution in [3.63, 3.8) is 0 Å². The van der Waals surface area contributed by atoms with E-state index in [0.717, 1.165) is 68.1 Å². The molecule has 168 valence electrons. The summed E-state index contributed by atoms with van der Waals surface area (Å²) in [5.41, 5.74) is 3.65. The SMILES string of the molecule is CNCC(=O)N1CCC2(CC1)C[C@@H](Cc1cccc(-c3cnc4ccc(Cl)cn34)n1)CO2. The van der Waals surface area contributed by atoms with Gasteiger partial charge in [-0.3, -0.25) is 14.2 Å². The first-order valence-corrected chi connectivity index (χ1v) is 11.6. The summed E-state index contributed by atoms with van der Waals surface area (Å²) in [6, 6.07) is 9.90. The Bertz CT molecular complexity index is 1120. The zero-order valence-corrected chi connectivity index (χ0v) is 19.0. The van der Waals surface area contributed by atoms with E-state index in [9.17, 15) is 4.79 Å². The van der Waals surface area contributed by atoms with Crippen LogP contribution in [-0.4, -0.2) is 64.1 Å². The predicted molar refractivity (Wildman–Crippen MR) is 124 cm³/mol. The van der Waals surface area contributed by atoms with Crippen molar-refractivity contribution >= 4 is 23.2 Å². The topological polar surface area (TPSA) is 71.8 Å². The molecule has 2 aliphatic rings. The Labute approximate surface area is 192 Å². The van der Waals surface area contributed by atoms with E-state index in [4.69, 9.17) is 21.3 Å². The fourth-order valence-corrected chi connectivity index (χ4v) is 5.18. The maximum atomic E-state index is 12.1. The number of piperidine rings is 1. The third-order valence-electron chi connectivity index (χ3n) is 6.68. The minimum atomic E-state index is -0.0862. The molecule has 0 saturated carbocycles. The summed E-state index contributed by atoms with van der Waals surface area (Å²) in [6.07, 6.45) is 7.45. The maximum Gasteiger partial charge on any atom is 0.236 e. The van der Waals surface area contributed by atoms with Gasteiger partial charge in [-0.1, -0.05) is 17.7 Å². The molecule has 0 aromatic carbocycles. The lowest BCUT2D eigenvalue weighted by Gasteiger charge is -2.38. The lowest BCUT2D eigenvalue weighted by atomic mass is 9.84. The predicted octanol–water partition coefficient (Wildman–Crippen LogP) is 3.21. The van der Waals surface area contributed by atoms with E-state index in [-0.39, 0.29) is 11.5 Å². The maximum absolute atomic E-state index is 12.1. The molecule has 0 aliphatic carbocycles. The number of nitrogens with one attached hydrogen (secondary N) is 1. The molecule has 2 aliphatic heterocycles. The fraction of sp³-hybridized carbons (Fsp3) is 0.458. The van der Waals surface area contributed by atoms with Gasteiger partial charge in [0.05, 0.1) is 41.4 Å². The number of fused-ring (bicyclic) bond motifs is 1. The number of likely N-dealkylation sites (tertiary alicyclic amines) is 1. The van der Waals surface area contributed by atoms with Gasteiger partial charge in [0.15, 0.2) is 0 Å². The van der Waals surface area contributed by atoms with Crippen LogP contribution in [0, 0.1) is 5.92 Å². The summed E-state index contributed by atoms with van der Waals surface area (Å²) >= 11 is 6.18. The molecule has 1 N–H and O–H groups in total. The number of ether oxygens (including phenoxy) is 1. The van der Waals surface area contributed by atoms with Gasteiger partial charge in [-0.2, -0.15) is 0 Å². The van der Waals surface area contributed by atoms with E-state index < -0.39 is 0 Å². The third kappa shape index (κ3) is 4.25. The lowest BCUT2D eigenvalue weighted by Crippen LogP contribution is -2.48. The molecule has 3 aromatic rings. The van der Waals surface area contributed by atoms with Crippen LogP contribution in [0.4, 0.5) is 0 Å². The Hall–Kier alpha value is -2.48. The van der Waals surface area contributed by atoms with E-state index in [1.807, 2.05) is 46.9 Å². The minimum absolute atomic E-state index is 0.0862. The molecule has 5 heterocycles. The molecule has 5 rings (SSSR count). The van der Waals surface area contributed by atoms with Gasteiger partial charge in [-0.15, -0.1) is 0 Å². The van der Waals surface area contributed by atoms with Gasteiger partial charge >= 0.3 is 0 Å². The van der Waals surface area contributed by atoms with Crippen molar-refractivity contribution in [1.82, 2.24) is 24.6 Å². The summed E-state index contributed by atoms with van der Waals surface area (Å²) in [4.78, 5) is 23.5. The van der Waals surface area contributed by atoms with E-state index in [0.29, 0.717) is 17.5 Å². The normalized spacial score (nSPS) is 20.3. The van der Waals surface area contributed by atoms with Crippen LogP contribution in [0.15, 0.2) is 42.7 Å². The summed E-state index contributed by atoms with van der Waals surface area (Å²) in [7, 11) is 1.81. The molecule has 2 saturated heterocycles. The number of likely N-dealkylation sites (N-methyl/N-ethyl adjacent to an activating group) is 1. The molecule has 1 amide bonds.